The third-order valence-electron chi connectivity index (χ3n) is 13.3. The normalized spacial score (nSPS) is 17.8. The molecule has 1 amide bonds. The second-order valence-corrected chi connectivity index (χ2v) is 26.4. The van der Waals surface area contributed by atoms with Gasteiger partial charge in [-0.15, -0.1) is 11.8 Å². The van der Waals surface area contributed by atoms with Crippen LogP contribution in [0.3, 0.4) is 0 Å². The van der Waals surface area contributed by atoms with E-state index in [1.165, 1.54) is 28.8 Å². The number of halogens is 1. The fraction of sp³-hybridized carbons (Fsp3) is 0.453. The fourth-order valence-electron chi connectivity index (χ4n) is 9.51. The smallest absolute Gasteiger partial charge is 0.354 e. The van der Waals surface area contributed by atoms with Crippen molar-refractivity contribution in [2.45, 2.75) is 86.9 Å². The molecule has 4 aromatic rings. The molecule has 18 heteroatoms. The number of sulfonamides is 1. The van der Waals surface area contributed by atoms with Gasteiger partial charge in [-0.3, -0.25) is 14.3 Å². The topological polar surface area (TPSA) is 155 Å². The summed E-state index contributed by atoms with van der Waals surface area (Å²) in [4.78, 5) is 21.1. The van der Waals surface area contributed by atoms with Gasteiger partial charge in [-0.05, 0) is 136 Å². The molecular formula is C53H69ClN5O8PS3. The number of hydrogen-bond donors (Lipinski definition) is 2. The number of amides is 1. The first kappa shape index (κ1) is 54.8. The van der Waals surface area contributed by atoms with Crippen molar-refractivity contribution in [3.05, 3.63) is 130 Å². The molecule has 1 atom stereocenters. The molecule has 71 heavy (non-hydrogen) atoms. The van der Waals surface area contributed by atoms with Gasteiger partial charge in [-0.25, -0.2) is 21.6 Å². The molecule has 0 unspecified atom stereocenters. The summed E-state index contributed by atoms with van der Waals surface area (Å²) < 4.78 is 80.4. The Bertz CT molecular complexity index is 2780. The van der Waals surface area contributed by atoms with Gasteiger partial charge in [0.1, 0.15) is 0 Å². The summed E-state index contributed by atoms with van der Waals surface area (Å²) in [6, 6.07) is 28.7. The minimum Gasteiger partial charge on any atom is -0.380 e. The average Bonchev–Trinajstić information content (AvgIpc) is 3.33. The number of rotatable bonds is 21. The number of carbonyl (C=O) groups is 1. The number of piperazine rings is 1. The van der Waals surface area contributed by atoms with Crippen molar-refractivity contribution in [2.24, 2.45) is 5.41 Å². The molecule has 4 aromatic carbocycles. The number of carbonyl (C=O) groups excluding carboxylic acids is 1. The number of thioether (sulfide) groups is 1. The largest absolute Gasteiger partial charge is 0.380 e. The Morgan fingerprint density at radius 2 is 1.51 bits per heavy atom. The molecule has 7 rings (SSSR count). The number of anilines is 2. The van der Waals surface area contributed by atoms with Crippen molar-refractivity contribution >= 4 is 73.7 Å². The highest BCUT2D eigenvalue weighted by Crippen LogP contribution is 2.51. The van der Waals surface area contributed by atoms with Crippen molar-refractivity contribution in [2.75, 3.05) is 87.8 Å². The zero-order chi connectivity index (χ0) is 50.8. The lowest BCUT2D eigenvalue weighted by molar-refractivity contribution is 0.0981. The van der Waals surface area contributed by atoms with Crippen molar-refractivity contribution < 1.29 is 35.2 Å². The first-order chi connectivity index (χ1) is 33.8. The van der Waals surface area contributed by atoms with Gasteiger partial charge >= 0.3 is 7.60 Å². The maximum absolute atomic E-state index is 13.8. The van der Waals surface area contributed by atoms with Crippen LogP contribution in [0.15, 0.2) is 129 Å². The van der Waals surface area contributed by atoms with E-state index >= 15 is 0 Å². The van der Waals surface area contributed by atoms with E-state index in [0.717, 1.165) is 111 Å². The Balaban J connectivity index is 0.974. The minimum absolute atomic E-state index is 0.162. The van der Waals surface area contributed by atoms with Crippen LogP contribution in [0.4, 0.5) is 11.4 Å². The minimum atomic E-state index is -4.48. The number of benzene rings is 4. The zero-order valence-corrected chi connectivity index (χ0v) is 45.7. The van der Waals surface area contributed by atoms with Gasteiger partial charge in [0.25, 0.3) is 15.9 Å². The maximum Gasteiger partial charge on any atom is 0.354 e. The molecule has 0 bridgehead atoms. The summed E-state index contributed by atoms with van der Waals surface area (Å²) in [6.07, 6.45) is 6.40. The molecular weight excluding hydrogens is 997 g/mol. The molecule has 0 spiro atoms. The molecule has 2 fully saturated rings. The summed E-state index contributed by atoms with van der Waals surface area (Å²) >= 11 is 7.86. The van der Waals surface area contributed by atoms with Crippen LogP contribution in [0.1, 0.15) is 82.1 Å². The van der Waals surface area contributed by atoms with Crippen molar-refractivity contribution in [1.82, 2.24) is 14.5 Å². The predicted molar refractivity (Wildman–Crippen MR) is 289 cm³/mol. The third-order valence-corrected chi connectivity index (χ3v) is 19.1. The van der Waals surface area contributed by atoms with Gasteiger partial charge < -0.3 is 24.2 Å². The third kappa shape index (κ3) is 15.5. The number of likely N-dealkylation sites (tertiary alicyclic amines) is 1. The van der Waals surface area contributed by atoms with Gasteiger partial charge in [-0.2, -0.15) is 0 Å². The van der Waals surface area contributed by atoms with Crippen LogP contribution in [-0.2, 0) is 33.5 Å². The Kier molecular flexibility index (Phi) is 18.8. The molecule has 2 aliphatic heterocycles. The van der Waals surface area contributed by atoms with Gasteiger partial charge in [0.2, 0.25) is 0 Å². The molecule has 384 valence electrons. The summed E-state index contributed by atoms with van der Waals surface area (Å²) in [5, 5.41) is 4.18. The van der Waals surface area contributed by atoms with E-state index in [1.54, 1.807) is 43.6 Å². The standard InChI is InChI=1S/C53H69ClN5O8PS3/c1-6-66-68(61,67-7-2)38-40-24-28-57(29-25-40)30-26-45(39-69-47-11-9-8-10-12-47)55-50-22-21-48(35-51(50)70(5,62)63)71(64,65)56-52(60)42-15-19-46(20-16-42)59-33-31-58(32-34-59)37-43-36-53(3,4)27-23-49(43)41-13-17-44(54)18-14-41/h8-22,35,38,45,55H,6-7,23-34,36-37,39H2,1-5H3,(H,56,60)/t45-/m1/s1. The molecule has 1 aliphatic carbocycles. The van der Waals surface area contributed by atoms with Crippen LogP contribution >= 0.6 is 31.0 Å². The van der Waals surface area contributed by atoms with Gasteiger partial charge in [0.15, 0.2) is 9.84 Å². The SMILES string of the molecule is CCOP(=O)(C=C1CCN(CC[C@H](CSc2ccccc2)Nc2ccc(S(=O)(=O)NC(=O)c3ccc(N4CCN(CC5=C(c6ccc(Cl)cc6)CCC(C)(C)C5)CC4)cc3)cc2S(C)(=O)=O)CC1)OCC. The maximum atomic E-state index is 13.8. The number of piperidine rings is 1. The molecule has 2 saturated heterocycles. The van der Waals surface area contributed by atoms with Crippen molar-refractivity contribution in [1.29, 1.82) is 0 Å². The Labute approximate surface area is 431 Å². The van der Waals surface area contributed by atoms with Crippen LogP contribution in [0.25, 0.3) is 5.57 Å². The van der Waals surface area contributed by atoms with Crippen molar-refractivity contribution in [3.63, 3.8) is 0 Å². The summed E-state index contributed by atoms with van der Waals surface area (Å²) in [5.41, 5.74) is 6.85. The second-order valence-electron chi connectivity index (χ2n) is 19.4. The van der Waals surface area contributed by atoms with E-state index in [0.29, 0.717) is 31.9 Å². The van der Waals surface area contributed by atoms with Crippen LogP contribution in [-0.4, -0.2) is 116 Å². The van der Waals surface area contributed by atoms with Crippen LogP contribution in [0.5, 0.6) is 0 Å². The van der Waals surface area contributed by atoms with Crippen molar-refractivity contribution in [3.8, 4) is 0 Å². The van der Waals surface area contributed by atoms with E-state index in [1.807, 2.05) is 54.6 Å². The molecule has 0 aromatic heterocycles. The van der Waals surface area contributed by atoms with Crippen LogP contribution in [0.2, 0.25) is 5.02 Å². The predicted octanol–water partition coefficient (Wildman–Crippen LogP) is 10.9. The lowest BCUT2D eigenvalue weighted by atomic mass is 9.73. The molecule has 0 radical (unpaired) electrons. The van der Waals surface area contributed by atoms with Gasteiger partial charge in [-0.1, -0.05) is 66.9 Å². The highest BCUT2D eigenvalue weighted by molar-refractivity contribution is 7.99. The highest BCUT2D eigenvalue weighted by Gasteiger charge is 2.31. The molecule has 3 aliphatic rings. The number of sulfone groups is 1. The fourth-order valence-corrected chi connectivity index (χ4v) is 14.2. The van der Waals surface area contributed by atoms with E-state index < -0.39 is 33.4 Å². The lowest BCUT2D eigenvalue weighted by Gasteiger charge is -2.39. The average molecular weight is 1070 g/mol. The zero-order valence-electron chi connectivity index (χ0n) is 41.6. The van der Waals surface area contributed by atoms with Gasteiger partial charge in [0.05, 0.1) is 28.7 Å². The molecule has 0 saturated carbocycles. The number of nitrogens with one attached hydrogen (secondary N) is 2. The monoisotopic (exact) mass is 1070 g/mol. The summed E-state index contributed by atoms with van der Waals surface area (Å²) in [7, 11) is -11.7. The van der Waals surface area contributed by atoms with Crippen LogP contribution in [0, 0.1) is 5.41 Å². The Morgan fingerprint density at radius 3 is 2.14 bits per heavy atom. The Hall–Kier alpha value is -3.96. The summed E-state index contributed by atoms with van der Waals surface area (Å²) in [5.74, 6) is 1.46. The van der Waals surface area contributed by atoms with E-state index in [9.17, 15) is 26.2 Å². The first-order valence-corrected chi connectivity index (χ1v) is 30.9. The highest BCUT2D eigenvalue weighted by atomic mass is 35.5. The number of nitrogens with zero attached hydrogens (tertiary/aromatic N) is 3. The summed E-state index contributed by atoms with van der Waals surface area (Å²) in [6.45, 7) is 15.4. The first-order valence-electron chi connectivity index (χ1n) is 24.5. The van der Waals surface area contributed by atoms with Gasteiger partial charge in [0, 0.05) is 97.4 Å². The second kappa shape index (κ2) is 24.4. The lowest BCUT2D eigenvalue weighted by Crippen LogP contribution is -2.47. The Morgan fingerprint density at radius 1 is 0.845 bits per heavy atom. The van der Waals surface area contributed by atoms with E-state index in [2.05, 4.69) is 50.7 Å². The van der Waals surface area contributed by atoms with E-state index in [4.69, 9.17) is 20.6 Å². The quantitative estimate of drug-likeness (QED) is 0.0601. The van der Waals surface area contributed by atoms with Crippen LogP contribution < -0.4 is 14.9 Å². The molecule has 2 heterocycles. The van der Waals surface area contributed by atoms with E-state index in [-0.39, 0.29) is 32.5 Å². The number of allylic oxidation sites excluding steroid dienone is 1. The molecule has 2 N–H and O–H groups in total. The number of hydrogen-bond acceptors (Lipinski definition) is 13. The molecule has 13 nitrogen and oxygen atoms in total.